The second kappa shape index (κ2) is 13.3. The van der Waals surface area contributed by atoms with Gasteiger partial charge in [0.2, 0.25) is 0 Å². The highest BCUT2D eigenvalue weighted by molar-refractivity contribution is 14.0. The van der Waals surface area contributed by atoms with Crippen LogP contribution in [0.15, 0.2) is 4.99 Å². The number of halogens is 1. The fourth-order valence-corrected chi connectivity index (χ4v) is 3.43. The van der Waals surface area contributed by atoms with Gasteiger partial charge in [0.15, 0.2) is 5.96 Å². The lowest BCUT2D eigenvalue weighted by Crippen LogP contribution is -2.40. The number of nitrogens with zero attached hydrogens (tertiary/aromatic N) is 4. The summed E-state index contributed by atoms with van der Waals surface area (Å²) in [5, 5.41) is 15.7. The van der Waals surface area contributed by atoms with Crippen molar-refractivity contribution in [3.8, 4) is 0 Å². The summed E-state index contributed by atoms with van der Waals surface area (Å²) in [6, 6.07) is 0. The van der Waals surface area contributed by atoms with E-state index in [2.05, 4.69) is 44.2 Å². The molecule has 2 rings (SSSR count). The molecule has 6 nitrogen and oxygen atoms in total. The van der Waals surface area contributed by atoms with Gasteiger partial charge in [-0.1, -0.05) is 39.5 Å². The van der Waals surface area contributed by atoms with Crippen molar-refractivity contribution in [3.05, 3.63) is 11.6 Å². The summed E-state index contributed by atoms with van der Waals surface area (Å²) in [4.78, 5) is 4.35. The van der Waals surface area contributed by atoms with Crippen molar-refractivity contribution in [2.24, 2.45) is 10.9 Å². The summed E-state index contributed by atoms with van der Waals surface area (Å²) in [7, 11) is 1.84. The molecule has 0 radical (unpaired) electrons. The first-order valence-electron chi connectivity index (χ1n) is 10.1. The van der Waals surface area contributed by atoms with Crippen LogP contribution in [0.1, 0.15) is 70.4 Å². The predicted molar refractivity (Wildman–Crippen MR) is 119 cm³/mol. The van der Waals surface area contributed by atoms with Gasteiger partial charge in [-0.05, 0) is 25.2 Å². The lowest BCUT2D eigenvalue weighted by molar-refractivity contribution is 0.443. The van der Waals surface area contributed by atoms with Crippen LogP contribution in [0.25, 0.3) is 0 Å². The third kappa shape index (κ3) is 7.40. The molecule has 7 heteroatoms. The van der Waals surface area contributed by atoms with E-state index in [4.69, 9.17) is 0 Å². The first-order chi connectivity index (χ1) is 12.3. The Hall–Kier alpha value is -0.860. The van der Waals surface area contributed by atoms with Crippen LogP contribution in [0.2, 0.25) is 0 Å². The standard InChI is InChI=1S/C19H36N6.HI/c1-4-6-10-16(5-2)15-22-19(20-3)21-13-12-18-24-23-17-11-8-7-9-14-25(17)18;/h16H,4-15H2,1-3H3,(H2,20,21,22);1H. The van der Waals surface area contributed by atoms with Gasteiger partial charge in [-0.3, -0.25) is 4.99 Å². The zero-order chi connectivity index (χ0) is 17.9. The second-order valence-corrected chi connectivity index (χ2v) is 7.04. The number of rotatable bonds is 9. The summed E-state index contributed by atoms with van der Waals surface area (Å²) in [6.45, 7) is 7.43. The summed E-state index contributed by atoms with van der Waals surface area (Å²) in [5.74, 6) is 3.89. The molecule has 0 bridgehead atoms. The molecule has 0 spiro atoms. The van der Waals surface area contributed by atoms with Crippen LogP contribution in [0.4, 0.5) is 0 Å². The molecule has 0 fully saturated rings. The average Bonchev–Trinajstić information content (AvgIpc) is 2.86. The molecule has 1 atom stereocenters. The van der Waals surface area contributed by atoms with Gasteiger partial charge >= 0.3 is 0 Å². The van der Waals surface area contributed by atoms with Gasteiger partial charge in [0, 0.05) is 39.5 Å². The number of aliphatic imine (C=N–C) groups is 1. The molecule has 2 N–H and O–H groups in total. The first kappa shape index (κ1) is 23.2. The molecule has 0 saturated heterocycles. The van der Waals surface area contributed by atoms with Gasteiger partial charge in [0.25, 0.3) is 0 Å². The zero-order valence-corrected chi connectivity index (χ0v) is 19.1. The molecular formula is C19H37IN6. The van der Waals surface area contributed by atoms with Crippen LogP contribution >= 0.6 is 24.0 Å². The lowest BCUT2D eigenvalue weighted by atomic mass is 9.99. The number of guanidine groups is 1. The molecule has 0 aromatic carbocycles. The monoisotopic (exact) mass is 476 g/mol. The van der Waals surface area contributed by atoms with E-state index in [0.717, 1.165) is 56.0 Å². The molecule has 1 aromatic rings. The van der Waals surface area contributed by atoms with Crippen molar-refractivity contribution < 1.29 is 0 Å². The summed E-state index contributed by atoms with van der Waals surface area (Å²) in [5.41, 5.74) is 0. The predicted octanol–water partition coefficient (Wildman–Crippen LogP) is 3.55. The fourth-order valence-electron chi connectivity index (χ4n) is 3.43. The van der Waals surface area contributed by atoms with E-state index < -0.39 is 0 Å². The minimum Gasteiger partial charge on any atom is -0.356 e. The van der Waals surface area contributed by atoms with Crippen LogP contribution in [-0.4, -0.2) is 40.9 Å². The van der Waals surface area contributed by atoms with Crippen LogP contribution in [0.3, 0.4) is 0 Å². The number of fused-ring (bicyclic) bond motifs is 1. The average molecular weight is 476 g/mol. The van der Waals surface area contributed by atoms with Crippen LogP contribution < -0.4 is 10.6 Å². The van der Waals surface area contributed by atoms with E-state index in [1.165, 1.54) is 44.9 Å². The van der Waals surface area contributed by atoms with Gasteiger partial charge in [0.05, 0.1) is 0 Å². The fraction of sp³-hybridized carbons (Fsp3) is 0.842. The zero-order valence-electron chi connectivity index (χ0n) is 16.8. The molecule has 0 aliphatic carbocycles. The first-order valence-corrected chi connectivity index (χ1v) is 10.1. The maximum atomic E-state index is 4.40. The minimum atomic E-state index is 0. The van der Waals surface area contributed by atoms with Gasteiger partial charge in [-0.15, -0.1) is 34.2 Å². The molecular weight excluding hydrogens is 439 g/mol. The quantitative estimate of drug-likeness (QED) is 0.325. The SMILES string of the molecule is CCCCC(CC)CNC(=NC)NCCc1nnc2n1CCCCC2.I. The normalized spacial score (nSPS) is 15.6. The molecule has 1 aliphatic rings. The number of aryl methyl sites for hydroxylation is 1. The summed E-state index contributed by atoms with van der Waals surface area (Å²) >= 11 is 0. The van der Waals surface area contributed by atoms with E-state index in [0.29, 0.717) is 0 Å². The van der Waals surface area contributed by atoms with Crippen molar-refractivity contribution in [2.75, 3.05) is 20.1 Å². The van der Waals surface area contributed by atoms with E-state index >= 15 is 0 Å². The highest BCUT2D eigenvalue weighted by Gasteiger charge is 2.14. The molecule has 1 aliphatic heterocycles. The Bertz CT molecular complexity index is 528. The van der Waals surface area contributed by atoms with Crippen molar-refractivity contribution in [1.29, 1.82) is 0 Å². The van der Waals surface area contributed by atoms with Gasteiger partial charge in [-0.25, -0.2) is 0 Å². The molecule has 150 valence electrons. The van der Waals surface area contributed by atoms with E-state index in [1.807, 2.05) is 7.05 Å². The van der Waals surface area contributed by atoms with Gasteiger partial charge < -0.3 is 15.2 Å². The van der Waals surface area contributed by atoms with Crippen molar-refractivity contribution in [1.82, 2.24) is 25.4 Å². The molecule has 0 amide bonds. The van der Waals surface area contributed by atoms with Crippen LogP contribution in [-0.2, 0) is 19.4 Å². The topological polar surface area (TPSA) is 67.1 Å². The van der Waals surface area contributed by atoms with Crippen molar-refractivity contribution in [2.45, 2.75) is 78.2 Å². The Balaban J connectivity index is 0.00000338. The third-order valence-electron chi connectivity index (χ3n) is 5.15. The van der Waals surface area contributed by atoms with E-state index in [1.54, 1.807) is 0 Å². The smallest absolute Gasteiger partial charge is 0.190 e. The lowest BCUT2D eigenvalue weighted by Gasteiger charge is -2.18. The maximum Gasteiger partial charge on any atom is 0.190 e. The molecule has 2 heterocycles. The Labute approximate surface area is 176 Å². The highest BCUT2D eigenvalue weighted by atomic mass is 127. The summed E-state index contributed by atoms with van der Waals surface area (Å²) < 4.78 is 2.32. The largest absolute Gasteiger partial charge is 0.356 e. The van der Waals surface area contributed by atoms with Gasteiger partial charge in [-0.2, -0.15) is 0 Å². The van der Waals surface area contributed by atoms with E-state index in [-0.39, 0.29) is 24.0 Å². The number of hydrogen-bond acceptors (Lipinski definition) is 3. The molecule has 0 saturated carbocycles. The van der Waals surface area contributed by atoms with Crippen molar-refractivity contribution in [3.63, 3.8) is 0 Å². The number of nitrogens with one attached hydrogen (secondary N) is 2. The highest BCUT2D eigenvalue weighted by Crippen LogP contribution is 2.14. The number of hydrogen-bond donors (Lipinski definition) is 2. The summed E-state index contributed by atoms with van der Waals surface area (Å²) in [6.07, 6.45) is 10.8. The van der Waals surface area contributed by atoms with Crippen LogP contribution in [0, 0.1) is 5.92 Å². The molecule has 1 unspecified atom stereocenters. The number of aromatic nitrogens is 3. The maximum absolute atomic E-state index is 4.40. The van der Waals surface area contributed by atoms with E-state index in [9.17, 15) is 0 Å². The third-order valence-corrected chi connectivity index (χ3v) is 5.15. The van der Waals surface area contributed by atoms with Crippen molar-refractivity contribution >= 4 is 29.9 Å². The second-order valence-electron chi connectivity index (χ2n) is 7.04. The Morgan fingerprint density at radius 3 is 2.77 bits per heavy atom. The Kier molecular flexibility index (Phi) is 11.9. The Morgan fingerprint density at radius 2 is 2.04 bits per heavy atom. The Morgan fingerprint density at radius 1 is 1.19 bits per heavy atom. The minimum absolute atomic E-state index is 0. The molecule has 26 heavy (non-hydrogen) atoms. The molecule has 1 aromatic heterocycles. The van der Waals surface area contributed by atoms with Gasteiger partial charge in [0.1, 0.15) is 11.6 Å². The number of unbranched alkanes of at least 4 members (excludes halogenated alkanes) is 1. The van der Waals surface area contributed by atoms with Crippen LogP contribution in [0.5, 0.6) is 0 Å².